The predicted molar refractivity (Wildman–Crippen MR) is 142 cm³/mol. The summed E-state index contributed by atoms with van der Waals surface area (Å²) in [7, 11) is 1.83. The van der Waals surface area contributed by atoms with Crippen molar-refractivity contribution in [1.82, 2.24) is 4.90 Å². The fraction of sp³-hybridized carbons (Fsp3) is 0.929. The summed E-state index contributed by atoms with van der Waals surface area (Å²) in [5.74, 6) is 0.224. The number of hydrogen-bond donors (Lipinski definition) is 0. The third-order valence-corrected chi connectivity index (χ3v) is 5.13. The highest BCUT2D eigenvalue weighted by molar-refractivity contribution is 5.77. The zero-order chi connectivity index (χ0) is 27.4. The molecule has 0 aliphatic rings. The van der Waals surface area contributed by atoms with Crippen LogP contribution in [0.15, 0.2) is 0 Å². The Hall–Kier alpha value is -0.980. The normalized spacial score (nSPS) is 12.9. The number of ether oxygens (including phenoxy) is 3. The quantitative estimate of drug-likeness (QED) is 0.256. The van der Waals surface area contributed by atoms with Gasteiger partial charge in [-0.1, -0.05) is 41.5 Å². The van der Waals surface area contributed by atoms with Crippen molar-refractivity contribution in [3.63, 3.8) is 0 Å². The first-order chi connectivity index (χ1) is 15.3. The molecule has 0 aliphatic carbocycles. The number of rotatable bonds is 16. The Kier molecular flexibility index (Phi) is 15.7. The Morgan fingerprint density at radius 1 is 0.824 bits per heavy atom. The Labute approximate surface area is 211 Å². The number of carbonyl (C=O) groups excluding carboxylic acids is 2. The van der Waals surface area contributed by atoms with E-state index in [1.165, 1.54) is 0 Å². The van der Waals surface area contributed by atoms with Crippen LogP contribution in [0.4, 0.5) is 0 Å². The summed E-state index contributed by atoms with van der Waals surface area (Å²) in [6, 6.07) is 0. The van der Waals surface area contributed by atoms with Crippen molar-refractivity contribution in [3.8, 4) is 0 Å². The van der Waals surface area contributed by atoms with Gasteiger partial charge in [0.05, 0.1) is 43.5 Å². The lowest BCUT2D eigenvalue weighted by Gasteiger charge is -2.34. The highest BCUT2D eigenvalue weighted by Gasteiger charge is 2.30. The van der Waals surface area contributed by atoms with Crippen LogP contribution in [0, 0.1) is 10.8 Å². The summed E-state index contributed by atoms with van der Waals surface area (Å²) in [6.07, 6.45) is 1.75. The molecule has 0 bridgehead atoms. The Morgan fingerprint density at radius 3 is 1.79 bits per heavy atom. The van der Waals surface area contributed by atoms with E-state index in [0.717, 1.165) is 6.42 Å². The van der Waals surface area contributed by atoms with E-state index >= 15 is 0 Å². The molecule has 0 aliphatic heterocycles. The van der Waals surface area contributed by atoms with E-state index in [4.69, 9.17) is 14.2 Å². The number of amides is 1. The van der Waals surface area contributed by atoms with Crippen LogP contribution in [0.5, 0.6) is 0 Å². The van der Waals surface area contributed by atoms with Gasteiger partial charge in [-0.05, 0) is 60.3 Å². The lowest BCUT2D eigenvalue weighted by Crippen LogP contribution is -2.42. The summed E-state index contributed by atoms with van der Waals surface area (Å²) >= 11 is 0. The van der Waals surface area contributed by atoms with Crippen LogP contribution in [0.2, 0.25) is 0 Å². The summed E-state index contributed by atoms with van der Waals surface area (Å²) in [5, 5.41) is 0. The van der Waals surface area contributed by atoms with Crippen molar-refractivity contribution in [1.29, 1.82) is 0 Å². The van der Waals surface area contributed by atoms with Gasteiger partial charge in [0.25, 0.3) is 0 Å². The second kappa shape index (κ2) is 15.2. The van der Waals surface area contributed by atoms with Crippen molar-refractivity contribution in [3.05, 3.63) is 0 Å². The van der Waals surface area contributed by atoms with Gasteiger partial charge in [0.15, 0.2) is 0 Å². The molecule has 0 saturated carbocycles. The van der Waals surface area contributed by atoms with Crippen LogP contribution in [-0.2, 0) is 23.8 Å². The van der Waals surface area contributed by atoms with Crippen LogP contribution in [-0.4, -0.2) is 67.3 Å². The molecule has 0 aromatic rings. The third kappa shape index (κ3) is 18.4. The minimum absolute atomic E-state index is 0.0534. The molecule has 34 heavy (non-hydrogen) atoms. The Bertz CT molecular complexity index is 594. The molecule has 6 heteroatoms. The Balaban J connectivity index is 0. The molecular formula is C28H57NO5. The maximum Gasteiger partial charge on any atom is 0.225 e. The van der Waals surface area contributed by atoms with Crippen LogP contribution >= 0.6 is 0 Å². The standard InChI is InChI=1S/C26H51NO5.C2H6/c1-20(2)32-25(8,9)13-14-31-26(10,11)16-22(29)27(12)17-24(6,7)19-30-18-23(4,5)15-21(3)28;1-2/h20H,13-19H2,1-12H3;1-2H3. The van der Waals surface area contributed by atoms with Crippen LogP contribution in [0.1, 0.15) is 109 Å². The Morgan fingerprint density at radius 2 is 1.32 bits per heavy atom. The number of nitrogens with zero attached hydrogens (tertiary/aromatic N) is 1. The average Bonchev–Trinajstić information content (AvgIpc) is 2.59. The van der Waals surface area contributed by atoms with Gasteiger partial charge in [-0.25, -0.2) is 0 Å². The molecule has 0 heterocycles. The van der Waals surface area contributed by atoms with Gasteiger partial charge in [0.2, 0.25) is 5.91 Å². The van der Waals surface area contributed by atoms with Crippen molar-refractivity contribution in [2.45, 2.75) is 127 Å². The molecular weight excluding hydrogens is 430 g/mol. The van der Waals surface area contributed by atoms with E-state index in [1.807, 2.05) is 62.4 Å². The van der Waals surface area contributed by atoms with E-state index in [9.17, 15) is 9.59 Å². The highest BCUT2D eigenvalue weighted by atomic mass is 16.5. The average molecular weight is 488 g/mol. The van der Waals surface area contributed by atoms with Gasteiger partial charge >= 0.3 is 0 Å². The van der Waals surface area contributed by atoms with Crippen molar-refractivity contribution in [2.24, 2.45) is 10.8 Å². The summed E-state index contributed by atoms with van der Waals surface area (Å²) in [4.78, 5) is 26.0. The van der Waals surface area contributed by atoms with Gasteiger partial charge in [0, 0.05) is 25.4 Å². The second-order valence-electron chi connectivity index (χ2n) is 12.4. The monoisotopic (exact) mass is 487 g/mol. The van der Waals surface area contributed by atoms with Crippen LogP contribution < -0.4 is 0 Å². The molecule has 6 nitrogen and oxygen atoms in total. The minimum atomic E-state index is -0.545. The summed E-state index contributed by atoms with van der Waals surface area (Å²) < 4.78 is 17.9. The first-order valence-electron chi connectivity index (χ1n) is 12.9. The number of ketones is 1. The molecule has 0 saturated heterocycles. The predicted octanol–water partition coefficient (Wildman–Crippen LogP) is 6.30. The van der Waals surface area contributed by atoms with Gasteiger partial charge in [-0.2, -0.15) is 0 Å². The van der Waals surface area contributed by atoms with Crippen molar-refractivity contribution in [2.75, 3.05) is 33.4 Å². The van der Waals surface area contributed by atoms with E-state index in [2.05, 4.69) is 27.7 Å². The molecule has 204 valence electrons. The summed E-state index contributed by atoms with van der Waals surface area (Å²) in [6.45, 7) is 28.1. The van der Waals surface area contributed by atoms with Crippen LogP contribution in [0.3, 0.4) is 0 Å². The molecule has 1 amide bonds. The number of Topliss-reactive ketones (excluding diaryl/α,β-unsaturated/α-hetero) is 1. The molecule has 0 rings (SSSR count). The zero-order valence-electron chi connectivity index (χ0n) is 25.0. The van der Waals surface area contributed by atoms with Crippen LogP contribution in [0.25, 0.3) is 0 Å². The topological polar surface area (TPSA) is 65.1 Å². The molecule has 0 fully saturated rings. The molecule has 0 aromatic carbocycles. The maximum atomic E-state index is 12.8. The second-order valence-corrected chi connectivity index (χ2v) is 12.4. The van der Waals surface area contributed by atoms with Gasteiger partial charge < -0.3 is 23.9 Å². The fourth-order valence-electron chi connectivity index (χ4n) is 3.92. The van der Waals surface area contributed by atoms with E-state index in [-0.39, 0.29) is 34.2 Å². The molecule has 0 unspecified atom stereocenters. The zero-order valence-corrected chi connectivity index (χ0v) is 25.0. The van der Waals surface area contributed by atoms with E-state index in [0.29, 0.717) is 39.2 Å². The maximum absolute atomic E-state index is 12.8. The molecule has 0 N–H and O–H groups in total. The smallest absolute Gasteiger partial charge is 0.225 e. The summed E-state index contributed by atoms with van der Waals surface area (Å²) in [5.41, 5.74) is -1.18. The van der Waals surface area contributed by atoms with Gasteiger partial charge in [0.1, 0.15) is 5.78 Å². The van der Waals surface area contributed by atoms with Gasteiger partial charge in [-0.15, -0.1) is 0 Å². The minimum Gasteiger partial charge on any atom is -0.380 e. The highest BCUT2D eigenvalue weighted by Crippen LogP contribution is 2.25. The molecule has 0 aromatic heterocycles. The van der Waals surface area contributed by atoms with Gasteiger partial charge in [-0.3, -0.25) is 4.79 Å². The molecule has 0 radical (unpaired) electrons. The van der Waals surface area contributed by atoms with Crippen molar-refractivity contribution < 1.29 is 23.8 Å². The fourth-order valence-corrected chi connectivity index (χ4v) is 3.92. The van der Waals surface area contributed by atoms with Crippen molar-refractivity contribution >= 4 is 11.7 Å². The van der Waals surface area contributed by atoms with E-state index in [1.54, 1.807) is 11.8 Å². The van der Waals surface area contributed by atoms with E-state index < -0.39 is 5.60 Å². The SMILES string of the molecule is CC.CC(=O)CC(C)(C)COCC(C)(C)CN(C)C(=O)CC(C)(C)OCCC(C)(C)OC(C)C. The number of carbonyl (C=O) groups is 2. The largest absolute Gasteiger partial charge is 0.380 e. The lowest BCUT2D eigenvalue weighted by molar-refractivity contribution is -0.140. The first-order valence-corrected chi connectivity index (χ1v) is 12.9. The lowest BCUT2D eigenvalue weighted by atomic mass is 9.88. The third-order valence-electron chi connectivity index (χ3n) is 5.13. The molecule has 0 atom stereocenters. The molecule has 0 spiro atoms. The first kappa shape index (κ1) is 35.2. The number of hydrogen-bond acceptors (Lipinski definition) is 5.